The number of carbonyl (C=O) groups is 1. The second-order valence-electron chi connectivity index (χ2n) is 4.61. The molecule has 0 bridgehead atoms. The minimum Gasteiger partial charge on any atom is -0.378 e. The van der Waals surface area contributed by atoms with Crippen LogP contribution in [-0.2, 0) is 0 Å². The standard InChI is InChI=1S/C16H16ClNO/c1-11-6-7-15(12(2)8-11)16(19)10-18-14-5-3-4-13(17)9-14/h3-9,18H,10H2,1-2H3. The molecule has 0 aliphatic heterocycles. The number of aryl methyl sites for hydroxylation is 2. The van der Waals surface area contributed by atoms with Gasteiger partial charge in [-0.25, -0.2) is 0 Å². The van der Waals surface area contributed by atoms with E-state index in [0.717, 1.165) is 22.4 Å². The van der Waals surface area contributed by atoms with Crippen LogP contribution in [-0.4, -0.2) is 12.3 Å². The third-order valence-corrected chi connectivity index (χ3v) is 3.20. The summed E-state index contributed by atoms with van der Waals surface area (Å²) in [6.45, 7) is 4.25. The maximum Gasteiger partial charge on any atom is 0.182 e. The van der Waals surface area contributed by atoms with Gasteiger partial charge in [0.1, 0.15) is 0 Å². The van der Waals surface area contributed by atoms with Crippen molar-refractivity contribution in [3.8, 4) is 0 Å². The molecule has 1 N–H and O–H groups in total. The first kappa shape index (κ1) is 13.6. The second kappa shape index (κ2) is 5.89. The Morgan fingerprint density at radius 1 is 1.16 bits per heavy atom. The van der Waals surface area contributed by atoms with E-state index < -0.39 is 0 Å². The van der Waals surface area contributed by atoms with Crippen LogP contribution in [0.3, 0.4) is 0 Å². The lowest BCUT2D eigenvalue weighted by Gasteiger charge is -2.08. The molecule has 98 valence electrons. The van der Waals surface area contributed by atoms with Crippen LogP contribution in [0.2, 0.25) is 5.02 Å². The quantitative estimate of drug-likeness (QED) is 0.844. The Hall–Kier alpha value is -1.80. The number of nitrogens with one attached hydrogen (secondary N) is 1. The molecule has 0 aliphatic carbocycles. The Balaban J connectivity index is 2.05. The number of Topliss-reactive ketones (excluding diaryl/α,β-unsaturated/α-hetero) is 1. The van der Waals surface area contributed by atoms with Gasteiger partial charge in [0.25, 0.3) is 0 Å². The number of benzene rings is 2. The minimum atomic E-state index is 0.0810. The van der Waals surface area contributed by atoms with E-state index in [4.69, 9.17) is 11.6 Å². The predicted molar refractivity (Wildman–Crippen MR) is 80.2 cm³/mol. The van der Waals surface area contributed by atoms with E-state index in [9.17, 15) is 4.79 Å². The number of halogens is 1. The number of rotatable bonds is 4. The fourth-order valence-corrected chi connectivity index (χ4v) is 2.19. The number of carbonyl (C=O) groups excluding carboxylic acids is 1. The monoisotopic (exact) mass is 273 g/mol. The largest absolute Gasteiger partial charge is 0.378 e. The molecule has 0 spiro atoms. The van der Waals surface area contributed by atoms with E-state index in [2.05, 4.69) is 5.32 Å². The van der Waals surface area contributed by atoms with Gasteiger partial charge in [0.2, 0.25) is 0 Å². The Morgan fingerprint density at radius 3 is 2.63 bits per heavy atom. The maximum absolute atomic E-state index is 12.1. The predicted octanol–water partition coefficient (Wildman–Crippen LogP) is 4.25. The highest BCUT2D eigenvalue weighted by atomic mass is 35.5. The Kier molecular flexibility index (Phi) is 4.23. The van der Waals surface area contributed by atoms with Crippen molar-refractivity contribution in [2.24, 2.45) is 0 Å². The first-order valence-electron chi connectivity index (χ1n) is 6.16. The SMILES string of the molecule is Cc1ccc(C(=O)CNc2cccc(Cl)c2)c(C)c1. The summed E-state index contributed by atoms with van der Waals surface area (Å²) in [6, 6.07) is 13.2. The molecule has 3 heteroatoms. The van der Waals surface area contributed by atoms with Gasteiger partial charge in [-0.15, -0.1) is 0 Å². The highest BCUT2D eigenvalue weighted by Crippen LogP contribution is 2.16. The van der Waals surface area contributed by atoms with Crippen LogP contribution in [0, 0.1) is 13.8 Å². The first-order valence-corrected chi connectivity index (χ1v) is 6.54. The fraction of sp³-hybridized carbons (Fsp3) is 0.188. The summed E-state index contributed by atoms with van der Waals surface area (Å²) in [5.74, 6) is 0.0810. The van der Waals surface area contributed by atoms with Crippen molar-refractivity contribution in [3.63, 3.8) is 0 Å². The summed E-state index contributed by atoms with van der Waals surface area (Å²) in [5.41, 5.74) is 3.79. The highest BCUT2D eigenvalue weighted by Gasteiger charge is 2.08. The van der Waals surface area contributed by atoms with E-state index in [-0.39, 0.29) is 12.3 Å². The normalized spacial score (nSPS) is 10.3. The summed E-state index contributed by atoms with van der Waals surface area (Å²) in [7, 11) is 0. The molecule has 2 aromatic rings. The van der Waals surface area contributed by atoms with E-state index in [1.807, 2.05) is 44.2 Å². The Labute approximate surface area is 118 Å². The fourth-order valence-electron chi connectivity index (χ4n) is 2.00. The molecule has 0 amide bonds. The third kappa shape index (κ3) is 3.58. The van der Waals surface area contributed by atoms with Crippen molar-refractivity contribution in [1.82, 2.24) is 0 Å². The number of hydrogen-bond donors (Lipinski definition) is 1. The molecule has 2 rings (SSSR count). The van der Waals surface area contributed by atoms with Gasteiger partial charge in [0.05, 0.1) is 6.54 Å². The van der Waals surface area contributed by atoms with Crippen molar-refractivity contribution in [2.75, 3.05) is 11.9 Å². The van der Waals surface area contributed by atoms with Gasteiger partial charge in [0, 0.05) is 16.3 Å². The van der Waals surface area contributed by atoms with Gasteiger partial charge in [-0.1, -0.05) is 41.4 Å². The third-order valence-electron chi connectivity index (χ3n) is 2.96. The van der Waals surface area contributed by atoms with Crippen molar-refractivity contribution in [3.05, 3.63) is 64.2 Å². The summed E-state index contributed by atoms with van der Waals surface area (Å²) in [4.78, 5) is 12.1. The molecule has 19 heavy (non-hydrogen) atoms. The first-order chi connectivity index (χ1) is 9.06. The molecule has 0 atom stereocenters. The van der Waals surface area contributed by atoms with Gasteiger partial charge in [-0.2, -0.15) is 0 Å². The second-order valence-corrected chi connectivity index (χ2v) is 5.04. The zero-order valence-electron chi connectivity index (χ0n) is 11.0. The molecule has 0 radical (unpaired) electrons. The van der Waals surface area contributed by atoms with Crippen LogP contribution in [0.1, 0.15) is 21.5 Å². The zero-order chi connectivity index (χ0) is 13.8. The molecule has 0 fully saturated rings. The molecule has 0 saturated heterocycles. The number of hydrogen-bond acceptors (Lipinski definition) is 2. The van der Waals surface area contributed by atoms with Crippen molar-refractivity contribution in [2.45, 2.75) is 13.8 Å². The summed E-state index contributed by atoms with van der Waals surface area (Å²) < 4.78 is 0. The molecule has 0 aromatic heterocycles. The summed E-state index contributed by atoms with van der Waals surface area (Å²) in [5, 5.41) is 3.75. The summed E-state index contributed by atoms with van der Waals surface area (Å²) in [6.07, 6.45) is 0. The van der Waals surface area contributed by atoms with Crippen LogP contribution in [0.15, 0.2) is 42.5 Å². The molecule has 2 aromatic carbocycles. The number of ketones is 1. The molecule has 0 saturated carbocycles. The van der Waals surface area contributed by atoms with Crippen LogP contribution in [0.4, 0.5) is 5.69 Å². The van der Waals surface area contributed by atoms with Crippen LogP contribution >= 0.6 is 11.6 Å². The lowest BCUT2D eigenvalue weighted by Crippen LogP contribution is -2.15. The molecule has 0 aliphatic rings. The lowest BCUT2D eigenvalue weighted by atomic mass is 10.0. The molecular formula is C16H16ClNO. The summed E-state index contributed by atoms with van der Waals surface area (Å²) >= 11 is 5.89. The van der Waals surface area contributed by atoms with Gasteiger partial charge >= 0.3 is 0 Å². The molecule has 2 nitrogen and oxygen atoms in total. The van der Waals surface area contributed by atoms with Gasteiger partial charge in [0.15, 0.2) is 5.78 Å². The van der Waals surface area contributed by atoms with Crippen molar-refractivity contribution in [1.29, 1.82) is 0 Å². The molecule has 0 heterocycles. The van der Waals surface area contributed by atoms with E-state index in [1.165, 1.54) is 0 Å². The van der Waals surface area contributed by atoms with Gasteiger partial charge < -0.3 is 5.32 Å². The Morgan fingerprint density at radius 2 is 1.95 bits per heavy atom. The van der Waals surface area contributed by atoms with E-state index >= 15 is 0 Å². The average molecular weight is 274 g/mol. The minimum absolute atomic E-state index is 0.0810. The molecule has 0 unspecified atom stereocenters. The Bertz CT molecular complexity index is 607. The van der Waals surface area contributed by atoms with Gasteiger partial charge in [-0.3, -0.25) is 4.79 Å². The lowest BCUT2D eigenvalue weighted by molar-refractivity contribution is 0.101. The highest BCUT2D eigenvalue weighted by molar-refractivity contribution is 6.30. The zero-order valence-corrected chi connectivity index (χ0v) is 11.8. The van der Waals surface area contributed by atoms with Crippen LogP contribution in [0.25, 0.3) is 0 Å². The van der Waals surface area contributed by atoms with Crippen LogP contribution in [0.5, 0.6) is 0 Å². The smallest absolute Gasteiger partial charge is 0.182 e. The molecular weight excluding hydrogens is 258 g/mol. The van der Waals surface area contributed by atoms with Crippen molar-refractivity contribution < 1.29 is 4.79 Å². The number of anilines is 1. The van der Waals surface area contributed by atoms with E-state index in [1.54, 1.807) is 12.1 Å². The topological polar surface area (TPSA) is 29.1 Å². The van der Waals surface area contributed by atoms with Crippen LogP contribution < -0.4 is 5.32 Å². The van der Waals surface area contributed by atoms with Gasteiger partial charge in [-0.05, 0) is 37.6 Å². The maximum atomic E-state index is 12.1. The van der Waals surface area contributed by atoms with E-state index in [0.29, 0.717) is 5.02 Å². The average Bonchev–Trinajstić information content (AvgIpc) is 2.36. The van der Waals surface area contributed by atoms with Crippen molar-refractivity contribution >= 4 is 23.1 Å².